The van der Waals surface area contributed by atoms with Gasteiger partial charge in [-0.3, -0.25) is 4.79 Å². The fourth-order valence-corrected chi connectivity index (χ4v) is 1.74. The summed E-state index contributed by atoms with van der Waals surface area (Å²) in [6, 6.07) is 3.84. The van der Waals surface area contributed by atoms with Crippen LogP contribution in [0.5, 0.6) is 0 Å². The van der Waals surface area contributed by atoms with Crippen molar-refractivity contribution in [1.29, 1.82) is 0 Å². The minimum atomic E-state index is 0.176. The number of hydrogen-bond donors (Lipinski definition) is 0. The van der Waals surface area contributed by atoms with Crippen LogP contribution in [0.25, 0.3) is 0 Å². The molecule has 0 saturated carbocycles. The van der Waals surface area contributed by atoms with E-state index in [2.05, 4.69) is 0 Å². The van der Waals surface area contributed by atoms with E-state index in [1.165, 1.54) is 4.88 Å². The van der Waals surface area contributed by atoms with E-state index in [1.54, 1.807) is 18.4 Å². The molecule has 2 nitrogen and oxygen atoms in total. The molecule has 0 radical (unpaired) electrons. The first-order chi connectivity index (χ1) is 5.74. The van der Waals surface area contributed by atoms with Gasteiger partial charge in [0.15, 0.2) is 5.78 Å². The third kappa shape index (κ3) is 2.43. The van der Waals surface area contributed by atoms with Crippen LogP contribution >= 0.6 is 11.3 Å². The van der Waals surface area contributed by atoms with E-state index in [-0.39, 0.29) is 5.78 Å². The van der Waals surface area contributed by atoms with Crippen molar-refractivity contribution in [3.8, 4) is 0 Å². The fourth-order valence-electron chi connectivity index (χ4n) is 0.902. The zero-order valence-electron chi connectivity index (χ0n) is 7.29. The van der Waals surface area contributed by atoms with Gasteiger partial charge in [-0.1, -0.05) is 0 Å². The minimum Gasteiger partial charge on any atom is -0.384 e. The predicted molar refractivity (Wildman–Crippen MR) is 49.9 cm³/mol. The highest BCUT2D eigenvalue weighted by atomic mass is 32.1. The summed E-state index contributed by atoms with van der Waals surface area (Å²) in [5.41, 5.74) is 0. The molecule has 0 aliphatic carbocycles. The SMILES string of the molecule is COCCC(=O)c1ccc(C)s1. The molecule has 0 saturated heterocycles. The normalized spacial score (nSPS) is 10.2. The lowest BCUT2D eigenvalue weighted by atomic mass is 10.2. The average molecular weight is 184 g/mol. The van der Waals surface area contributed by atoms with E-state index in [0.717, 1.165) is 4.88 Å². The lowest BCUT2D eigenvalue weighted by Gasteiger charge is -1.95. The first-order valence-electron chi connectivity index (χ1n) is 3.82. The predicted octanol–water partition coefficient (Wildman–Crippen LogP) is 2.28. The van der Waals surface area contributed by atoms with Crippen LogP contribution < -0.4 is 0 Å². The Balaban J connectivity index is 2.53. The highest BCUT2D eigenvalue weighted by molar-refractivity contribution is 7.14. The van der Waals surface area contributed by atoms with Crippen LogP contribution in [-0.2, 0) is 4.74 Å². The second-order valence-corrected chi connectivity index (χ2v) is 3.86. The summed E-state index contributed by atoms with van der Waals surface area (Å²) < 4.78 is 4.82. The molecule has 0 aliphatic rings. The van der Waals surface area contributed by atoms with Gasteiger partial charge in [-0.2, -0.15) is 0 Å². The van der Waals surface area contributed by atoms with Crippen molar-refractivity contribution >= 4 is 17.1 Å². The molecule has 0 amide bonds. The number of thiophene rings is 1. The zero-order chi connectivity index (χ0) is 8.97. The first-order valence-corrected chi connectivity index (χ1v) is 4.64. The molecule has 1 heterocycles. The Morgan fingerprint density at radius 2 is 2.33 bits per heavy atom. The topological polar surface area (TPSA) is 26.3 Å². The van der Waals surface area contributed by atoms with Crippen LogP contribution in [0.2, 0.25) is 0 Å². The average Bonchev–Trinajstić information content (AvgIpc) is 2.47. The molecule has 12 heavy (non-hydrogen) atoms. The molecule has 0 atom stereocenters. The highest BCUT2D eigenvalue weighted by Gasteiger charge is 2.06. The van der Waals surface area contributed by atoms with Gasteiger partial charge in [0.05, 0.1) is 11.5 Å². The lowest BCUT2D eigenvalue weighted by molar-refractivity contribution is 0.0936. The number of methoxy groups -OCH3 is 1. The maximum absolute atomic E-state index is 11.3. The second-order valence-electron chi connectivity index (χ2n) is 2.58. The van der Waals surface area contributed by atoms with Gasteiger partial charge in [0.2, 0.25) is 0 Å². The van der Waals surface area contributed by atoms with Crippen LogP contribution in [0.3, 0.4) is 0 Å². The standard InChI is InChI=1S/C9H12O2S/c1-7-3-4-9(12-7)8(10)5-6-11-2/h3-4H,5-6H2,1-2H3. The maximum atomic E-state index is 11.3. The minimum absolute atomic E-state index is 0.176. The number of carbonyl (C=O) groups is 1. The largest absolute Gasteiger partial charge is 0.384 e. The van der Waals surface area contributed by atoms with E-state index in [9.17, 15) is 4.79 Å². The monoisotopic (exact) mass is 184 g/mol. The molecule has 66 valence electrons. The highest BCUT2D eigenvalue weighted by Crippen LogP contribution is 2.16. The van der Waals surface area contributed by atoms with Gasteiger partial charge in [0, 0.05) is 18.4 Å². The molecule has 1 aromatic heterocycles. The number of Topliss-reactive ketones (excluding diaryl/α,β-unsaturated/α-hetero) is 1. The number of ketones is 1. The van der Waals surface area contributed by atoms with Crippen molar-refractivity contribution in [1.82, 2.24) is 0 Å². The Morgan fingerprint density at radius 1 is 1.58 bits per heavy atom. The van der Waals surface area contributed by atoms with Crippen molar-refractivity contribution in [2.45, 2.75) is 13.3 Å². The van der Waals surface area contributed by atoms with E-state index < -0.39 is 0 Å². The molecule has 1 aromatic rings. The molecular weight excluding hydrogens is 172 g/mol. The molecule has 0 aromatic carbocycles. The summed E-state index contributed by atoms with van der Waals surface area (Å²) in [5.74, 6) is 0.176. The van der Waals surface area contributed by atoms with Crippen LogP contribution in [0.4, 0.5) is 0 Å². The Hall–Kier alpha value is -0.670. The van der Waals surface area contributed by atoms with E-state index in [1.807, 2.05) is 19.1 Å². The molecule has 0 bridgehead atoms. The fraction of sp³-hybridized carbons (Fsp3) is 0.444. The van der Waals surface area contributed by atoms with Gasteiger partial charge in [-0.05, 0) is 19.1 Å². The van der Waals surface area contributed by atoms with Gasteiger partial charge >= 0.3 is 0 Å². The Bertz CT molecular complexity index is 265. The number of hydrogen-bond acceptors (Lipinski definition) is 3. The molecule has 0 fully saturated rings. The molecule has 0 spiro atoms. The number of rotatable bonds is 4. The van der Waals surface area contributed by atoms with Gasteiger partial charge in [0.25, 0.3) is 0 Å². The van der Waals surface area contributed by atoms with Gasteiger partial charge in [-0.25, -0.2) is 0 Å². The van der Waals surface area contributed by atoms with E-state index >= 15 is 0 Å². The van der Waals surface area contributed by atoms with Crippen molar-refractivity contribution in [3.05, 3.63) is 21.9 Å². The molecule has 3 heteroatoms. The van der Waals surface area contributed by atoms with Crippen LogP contribution in [0, 0.1) is 6.92 Å². The number of carbonyl (C=O) groups excluding carboxylic acids is 1. The third-order valence-corrected chi connectivity index (χ3v) is 2.59. The Morgan fingerprint density at radius 3 is 2.83 bits per heavy atom. The van der Waals surface area contributed by atoms with Gasteiger partial charge < -0.3 is 4.74 Å². The van der Waals surface area contributed by atoms with Crippen molar-refractivity contribution in [2.75, 3.05) is 13.7 Å². The summed E-state index contributed by atoms with van der Waals surface area (Å²) in [7, 11) is 1.60. The summed E-state index contributed by atoms with van der Waals surface area (Å²) in [6.07, 6.45) is 0.483. The summed E-state index contributed by atoms with van der Waals surface area (Å²) in [4.78, 5) is 13.4. The van der Waals surface area contributed by atoms with E-state index in [0.29, 0.717) is 13.0 Å². The maximum Gasteiger partial charge on any atom is 0.175 e. The van der Waals surface area contributed by atoms with Crippen LogP contribution in [0.15, 0.2) is 12.1 Å². The van der Waals surface area contributed by atoms with Crippen LogP contribution in [0.1, 0.15) is 21.0 Å². The molecule has 0 aliphatic heterocycles. The van der Waals surface area contributed by atoms with Gasteiger partial charge in [-0.15, -0.1) is 11.3 Å². The smallest absolute Gasteiger partial charge is 0.175 e. The summed E-state index contributed by atoms with van der Waals surface area (Å²) >= 11 is 1.54. The zero-order valence-corrected chi connectivity index (χ0v) is 8.11. The third-order valence-electron chi connectivity index (χ3n) is 1.55. The summed E-state index contributed by atoms with van der Waals surface area (Å²) in [6.45, 7) is 2.51. The molecular formula is C9H12O2S. The Labute approximate surface area is 76.2 Å². The lowest BCUT2D eigenvalue weighted by Crippen LogP contribution is -2.00. The van der Waals surface area contributed by atoms with Crippen molar-refractivity contribution in [3.63, 3.8) is 0 Å². The van der Waals surface area contributed by atoms with Crippen LogP contribution in [-0.4, -0.2) is 19.5 Å². The second kappa shape index (κ2) is 4.38. The van der Waals surface area contributed by atoms with Crippen molar-refractivity contribution in [2.24, 2.45) is 0 Å². The van der Waals surface area contributed by atoms with Gasteiger partial charge in [0.1, 0.15) is 0 Å². The van der Waals surface area contributed by atoms with Crippen molar-refractivity contribution < 1.29 is 9.53 Å². The van der Waals surface area contributed by atoms with E-state index in [4.69, 9.17) is 4.74 Å². The molecule has 1 rings (SSSR count). The molecule has 0 N–H and O–H groups in total. The number of ether oxygens (including phenoxy) is 1. The summed E-state index contributed by atoms with van der Waals surface area (Å²) in [5, 5.41) is 0. The number of aryl methyl sites for hydroxylation is 1. The molecule has 0 unspecified atom stereocenters. The quantitative estimate of drug-likeness (QED) is 0.671. The first kappa shape index (κ1) is 9.42. The Kier molecular flexibility index (Phi) is 3.44.